The first-order valence-corrected chi connectivity index (χ1v) is 10.3. The first kappa shape index (κ1) is 23.3. The van der Waals surface area contributed by atoms with Gasteiger partial charge in [-0.1, -0.05) is 18.2 Å². The zero-order valence-electron chi connectivity index (χ0n) is 18.3. The standard InChI is InChI=1S/C25H24N2O6/c1-3-31-19-11-13-20(14-12-19)32-16-24(29)26-22-9-4-5-10-23(22)27-25(30)18-7-6-8-21(15-18)33-17(2)28/h4-15H,3,16H2,1-2H3,(H,26,29)(H,27,30). The zero-order valence-corrected chi connectivity index (χ0v) is 18.3. The van der Waals surface area contributed by atoms with Gasteiger partial charge < -0.3 is 24.8 Å². The number of benzene rings is 3. The second-order valence-electron chi connectivity index (χ2n) is 6.86. The Hall–Kier alpha value is -4.33. The van der Waals surface area contributed by atoms with Gasteiger partial charge in [0.2, 0.25) is 0 Å². The SMILES string of the molecule is CCOc1ccc(OCC(=O)Nc2ccccc2NC(=O)c2cccc(OC(C)=O)c2)cc1. The lowest BCUT2D eigenvalue weighted by atomic mass is 10.2. The second-order valence-corrected chi connectivity index (χ2v) is 6.86. The van der Waals surface area contributed by atoms with Crippen molar-refractivity contribution in [2.75, 3.05) is 23.8 Å². The van der Waals surface area contributed by atoms with Crippen molar-refractivity contribution in [3.63, 3.8) is 0 Å². The molecule has 0 saturated heterocycles. The Labute approximate surface area is 191 Å². The van der Waals surface area contributed by atoms with Gasteiger partial charge in [0.1, 0.15) is 17.2 Å². The molecular weight excluding hydrogens is 424 g/mol. The van der Waals surface area contributed by atoms with E-state index in [0.717, 1.165) is 5.75 Å². The summed E-state index contributed by atoms with van der Waals surface area (Å²) >= 11 is 0. The van der Waals surface area contributed by atoms with Gasteiger partial charge in [-0.25, -0.2) is 0 Å². The molecule has 0 unspecified atom stereocenters. The van der Waals surface area contributed by atoms with E-state index in [2.05, 4.69) is 10.6 Å². The van der Waals surface area contributed by atoms with Crippen LogP contribution in [0.3, 0.4) is 0 Å². The third kappa shape index (κ3) is 7.10. The summed E-state index contributed by atoms with van der Waals surface area (Å²) in [7, 11) is 0. The molecule has 0 fully saturated rings. The van der Waals surface area contributed by atoms with E-state index in [1.165, 1.54) is 13.0 Å². The average molecular weight is 448 g/mol. The van der Waals surface area contributed by atoms with Crippen molar-refractivity contribution in [2.24, 2.45) is 0 Å². The molecule has 0 atom stereocenters. The van der Waals surface area contributed by atoms with E-state index in [1.54, 1.807) is 66.7 Å². The molecule has 0 heterocycles. The molecule has 0 radical (unpaired) electrons. The summed E-state index contributed by atoms with van der Waals surface area (Å²) in [5.41, 5.74) is 1.13. The lowest BCUT2D eigenvalue weighted by Gasteiger charge is -2.13. The number of rotatable bonds is 9. The van der Waals surface area contributed by atoms with Crippen molar-refractivity contribution in [1.82, 2.24) is 0 Å². The van der Waals surface area contributed by atoms with Crippen LogP contribution in [0.15, 0.2) is 72.8 Å². The molecule has 0 saturated carbocycles. The number of nitrogens with one attached hydrogen (secondary N) is 2. The third-order valence-electron chi connectivity index (χ3n) is 4.31. The quantitative estimate of drug-likeness (QED) is 0.374. The van der Waals surface area contributed by atoms with Gasteiger partial charge in [0.05, 0.1) is 18.0 Å². The van der Waals surface area contributed by atoms with Gasteiger partial charge in [0.25, 0.3) is 11.8 Å². The molecular formula is C25H24N2O6. The summed E-state index contributed by atoms with van der Waals surface area (Å²) in [6.07, 6.45) is 0. The number of carbonyl (C=O) groups excluding carboxylic acids is 3. The number of carbonyl (C=O) groups is 3. The van der Waals surface area contributed by atoms with Gasteiger partial charge in [-0.2, -0.15) is 0 Å². The van der Waals surface area contributed by atoms with Gasteiger partial charge in [-0.05, 0) is 61.5 Å². The molecule has 0 bridgehead atoms. The zero-order chi connectivity index (χ0) is 23.6. The van der Waals surface area contributed by atoms with Gasteiger partial charge in [0, 0.05) is 12.5 Å². The third-order valence-corrected chi connectivity index (χ3v) is 4.31. The minimum absolute atomic E-state index is 0.208. The maximum atomic E-state index is 12.7. The molecule has 2 amide bonds. The smallest absolute Gasteiger partial charge is 0.308 e. The first-order chi connectivity index (χ1) is 15.9. The van der Waals surface area contributed by atoms with Crippen LogP contribution >= 0.6 is 0 Å². The number of ether oxygens (including phenoxy) is 3. The highest BCUT2D eigenvalue weighted by atomic mass is 16.5. The molecule has 0 aliphatic rings. The Balaban J connectivity index is 1.61. The number of anilines is 2. The van der Waals surface area contributed by atoms with E-state index in [9.17, 15) is 14.4 Å². The highest BCUT2D eigenvalue weighted by molar-refractivity contribution is 6.07. The fraction of sp³-hybridized carbons (Fsp3) is 0.160. The molecule has 3 aromatic rings. The van der Waals surface area contributed by atoms with Crippen molar-refractivity contribution in [3.05, 3.63) is 78.4 Å². The van der Waals surface area contributed by atoms with Crippen LogP contribution in [-0.2, 0) is 9.59 Å². The van der Waals surface area contributed by atoms with Crippen molar-refractivity contribution in [1.29, 1.82) is 0 Å². The van der Waals surface area contributed by atoms with Crippen LogP contribution in [-0.4, -0.2) is 31.0 Å². The summed E-state index contributed by atoms with van der Waals surface area (Å²) in [6.45, 7) is 3.54. The largest absolute Gasteiger partial charge is 0.494 e. The molecule has 2 N–H and O–H groups in total. The number of hydrogen-bond donors (Lipinski definition) is 2. The summed E-state index contributed by atoms with van der Waals surface area (Å²) < 4.78 is 15.9. The number of esters is 1. The predicted octanol–water partition coefficient (Wildman–Crippen LogP) is 4.28. The normalized spacial score (nSPS) is 10.1. The molecule has 0 aliphatic heterocycles. The Bertz CT molecular complexity index is 1130. The first-order valence-electron chi connectivity index (χ1n) is 10.3. The molecule has 0 spiro atoms. The van der Waals surface area contributed by atoms with Crippen LogP contribution in [0.4, 0.5) is 11.4 Å². The maximum Gasteiger partial charge on any atom is 0.308 e. The fourth-order valence-electron chi connectivity index (χ4n) is 2.90. The Kier molecular flexibility index (Phi) is 8.02. The van der Waals surface area contributed by atoms with Gasteiger partial charge in [-0.15, -0.1) is 0 Å². The number of hydrogen-bond acceptors (Lipinski definition) is 6. The van der Waals surface area contributed by atoms with Crippen molar-refractivity contribution in [3.8, 4) is 17.2 Å². The number of para-hydroxylation sites is 2. The molecule has 0 aliphatic carbocycles. The van der Waals surface area contributed by atoms with Gasteiger partial charge in [0.15, 0.2) is 6.61 Å². The van der Waals surface area contributed by atoms with Crippen LogP contribution in [0, 0.1) is 0 Å². The van der Waals surface area contributed by atoms with Gasteiger partial charge in [-0.3, -0.25) is 14.4 Å². The van der Waals surface area contributed by atoms with E-state index in [0.29, 0.717) is 29.3 Å². The minimum atomic E-state index is -0.479. The minimum Gasteiger partial charge on any atom is -0.494 e. The second kappa shape index (κ2) is 11.3. The van der Waals surface area contributed by atoms with Crippen LogP contribution in [0.1, 0.15) is 24.2 Å². The molecule has 8 heteroatoms. The number of amides is 2. The van der Waals surface area contributed by atoms with Crippen LogP contribution in [0.2, 0.25) is 0 Å². The Morgan fingerprint density at radius 2 is 1.39 bits per heavy atom. The predicted molar refractivity (Wildman–Crippen MR) is 124 cm³/mol. The van der Waals surface area contributed by atoms with Crippen LogP contribution < -0.4 is 24.8 Å². The van der Waals surface area contributed by atoms with E-state index >= 15 is 0 Å². The molecule has 170 valence electrons. The summed E-state index contributed by atoms with van der Waals surface area (Å²) in [5, 5.41) is 5.49. The highest BCUT2D eigenvalue weighted by Gasteiger charge is 2.12. The van der Waals surface area contributed by atoms with E-state index < -0.39 is 11.9 Å². The average Bonchev–Trinajstić information content (AvgIpc) is 2.80. The van der Waals surface area contributed by atoms with E-state index in [1.807, 2.05) is 6.92 Å². The molecule has 0 aromatic heterocycles. The van der Waals surface area contributed by atoms with Crippen molar-refractivity contribution < 1.29 is 28.6 Å². The van der Waals surface area contributed by atoms with E-state index in [-0.39, 0.29) is 18.3 Å². The van der Waals surface area contributed by atoms with Crippen molar-refractivity contribution in [2.45, 2.75) is 13.8 Å². The monoisotopic (exact) mass is 448 g/mol. The molecule has 33 heavy (non-hydrogen) atoms. The lowest BCUT2D eigenvalue weighted by molar-refractivity contribution is -0.131. The summed E-state index contributed by atoms with van der Waals surface area (Å²) in [6, 6.07) is 20.0. The topological polar surface area (TPSA) is 103 Å². The molecule has 3 aromatic carbocycles. The highest BCUT2D eigenvalue weighted by Crippen LogP contribution is 2.23. The summed E-state index contributed by atoms with van der Waals surface area (Å²) in [4.78, 5) is 36.2. The van der Waals surface area contributed by atoms with Crippen LogP contribution in [0.25, 0.3) is 0 Å². The van der Waals surface area contributed by atoms with Gasteiger partial charge >= 0.3 is 5.97 Å². The van der Waals surface area contributed by atoms with E-state index in [4.69, 9.17) is 14.2 Å². The molecule has 3 rings (SSSR count). The lowest BCUT2D eigenvalue weighted by Crippen LogP contribution is -2.21. The van der Waals surface area contributed by atoms with Crippen LogP contribution in [0.5, 0.6) is 17.2 Å². The maximum absolute atomic E-state index is 12.7. The Morgan fingerprint density at radius 3 is 2.03 bits per heavy atom. The molecule has 8 nitrogen and oxygen atoms in total. The Morgan fingerprint density at radius 1 is 0.758 bits per heavy atom. The van der Waals surface area contributed by atoms with Crippen molar-refractivity contribution >= 4 is 29.2 Å². The fourth-order valence-corrected chi connectivity index (χ4v) is 2.90. The summed E-state index contributed by atoms with van der Waals surface area (Å²) in [5.74, 6) is 0.232.